The fourth-order valence-electron chi connectivity index (χ4n) is 3.55. The number of hydrogen-bond donors (Lipinski definition) is 0. The summed E-state index contributed by atoms with van der Waals surface area (Å²) >= 11 is 0. The quantitative estimate of drug-likeness (QED) is 0.711. The van der Waals surface area contributed by atoms with Crippen molar-refractivity contribution in [2.45, 2.75) is 38.6 Å². The first kappa shape index (κ1) is 15.9. The summed E-state index contributed by atoms with van der Waals surface area (Å²) in [6.45, 7) is 3.02. The van der Waals surface area contributed by atoms with Crippen LogP contribution in [0.3, 0.4) is 0 Å². The summed E-state index contributed by atoms with van der Waals surface area (Å²) in [5.41, 5.74) is 3.54. The largest absolute Gasteiger partial charge is 0.436 e. The molecule has 4 nitrogen and oxygen atoms in total. The molecule has 0 saturated carbocycles. The lowest BCUT2D eigenvalue weighted by Gasteiger charge is -2.33. The van der Waals surface area contributed by atoms with Gasteiger partial charge in [0.1, 0.15) is 5.52 Å². The Labute approximate surface area is 147 Å². The topological polar surface area (TPSA) is 46.3 Å². The minimum Gasteiger partial charge on any atom is -0.436 e. The number of fused-ring (bicyclic) bond motifs is 1. The molecule has 1 aliphatic rings. The number of benzene rings is 2. The molecule has 4 heteroatoms. The number of aromatic nitrogens is 1. The van der Waals surface area contributed by atoms with E-state index in [1.165, 1.54) is 6.42 Å². The predicted octanol–water partition coefficient (Wildman–Crippen LogP) is 4.44. The van der Waals surface area contributed by atoms with Gasteiger partial charge < -0.3 is 9.32 Å². The number of amides is 1. The van der Waals surface area contributed by atoms with Gasteiger partial charge in [-0.15, -0.1) is 0 Å². The van der Waals surface area contributed by atoms with Gasteiger partial charge in [-0.05, 0) is 56.0 Å². The second-order valence-electron chi connectivity index (χ2n) is 6.80. The van der Waals surface area contributed by atoms with Crippen LogP contribution >= 0.6 is 0 Å². The average Bonchev–Trinajstić information content (AvgIpc) is 3.06. The third kappa shape index (κ3) is 3.29. The van der Waals surface area contributed by atoms with Crippen molar-refractivity contribution >= 4 is 17.0 Å². The Morgan fingerprint density at radius 3 is 2.92 bits per heavy atom. The number of carbonyl (C=O) groups excluding carboxylic acids is 1. The highest BCUT2D eigenvalue weighted by Gasteiger charge is 2.23. The first-order valence-electron chi connectivity index (χ1n) is 8.95. The van der Waals surface area contributed by atoms with Crippen LogP contribution in [-0.2, 0) is 11.2 Å². The summed E-state index contributed by atoms with van der Waals surface area (Å²) in [6, 6.07) is 16.0. The van der Waals surface area contributed by atoms with E-state index in [4.69, 9.17) is 4.42 Å². The molecule has 2 heterocycles. The number of rotatable bonds is 3. The molecule has 0 aliphatic carbocycles. The predicted molar refractivity (Wildman–Crippen MR) is 98.2 cm³/mol. The third-order valence-electron chi connectivity index (χ3n) is 4.95. The maximum atomic E-state index is 12.7. The Morgan fingerprint density at radius 2 is 2.08 bits per heavy atom. The standard InChI is InChI=1S/C21H22N2O2/c1-15-7-4-5-12-23(15)20(24)14-16-8-6-9-17(13-16)21-22-18-10-2-3-11-19(18)25-21/h2-3,6,8-11,13,15H,4-5,7,12,14H2,1H3/t15-/m1/s1. The Balaban J connectivity index is 1.56. The molecule has 0 bridgehead atoms. The van der Waals surface area contributed by atoms with Crippen LogP contribution in [0.4, 0.5) is 0 Å². The van der Waals surface area contributed by atoms with Gasteiger partial charge >= 0.3 is 0 Å². The molecule has 1 aliphatic heterocycles. The van der Waals surface area contributed by atoms with E-state index in [1.54, 1.807) is 0 Å². The van der Waals surface area contributed by atoms with Crippen LogP contribution in [0.25, 0.3) is 22.6 Å². The molecule has 1 fully saturated rings. The summed E-state index contributed by atoms with van der Waals surface area (Å²) in [5, 5.41) is 0. The van der Waals surface area contributed by atoms with Crippen molar-refractivity contribution in [3.05, 3.63) is 54.1 Å². The van der Waals surface area contributed by atoms with Crippen molar-refractivity contribution in [3.63, 3.8) is 0 Å². The summed E-state index contributed by atoms with van der Waals surface area (Å²) in [5.74, 6) is 0.809. The van der Waals surface area contributed by atoms with Crippen molar-refractivity contribution in [1.82, 2.24) is 9.88 Å². The molecule has 2 aromatic carbocycles. The van der Waals surface area contributed by atoms with Crippen molar-refractivity contribution in [2.75, 3.05) is 6.54 Å². The molecule has 0 radical (unpaired) electrons. The molecule has 0 spiro atoms. The number of oxazole rings is 1. The van der Waals surface area contributed by atoms with Crippen LogP contribution in [0.2, 0.25) is 0 Å². The maximum Gasteiger partial charge on any atom is 0.227 e. The zero-order valence-corrected chi connectivity index (χ0v) is 14.4. The second kappa shape index (κ2) is 6.71. The first-order chi connectivity index (χ1) is 12.2. The zero-order chi connectivity index (χ0) is 17.2. The summed E-state index contributed by atoms with van der Waals surface area (Å²) in [7, 11) is 0. The van der Waals surface area contributed by atoms with Gasteiger partial charge in [0.05, 0.1) is 6.42 Å². The fraction of sp³-hybridized carbons (Fsp3) is 0.333. The van der Waals surface area contributed by atoms with Crippen molar-refractivity contribution < 1.29 is 9.21 Å². The minimum atomic E-state index is 0.210. The van der Waals surface area contributed by atoms with Crippen LogP contribution < -0.4 is 0 Å². The summed E-state index contributed by atoms with van der Waals surface area (Å²) < 4.78 is 5.84. The monoisotopic (exact) mass is 334 g/mol. The molecule has 1 amide bonds. The molecule has 0 N–H and O–H groups in total. The van der Waals surface area contributed by atoms with Gasteiger partial charge in [-0.2, -0.15) is 0 Å². The molecule has 1 atom stereocenters. The Kier molecular flexibility index (Phi) is 4.26. The summed E-state index contributed by atoms with van der Waals surface area (Å²) in [4.78, 5) is 19.2. The molecule has 1 aromatic heterocycles. The summed E-state index contributed by atoms with van der Waals surface area (Å²) in [6.07, 6.45) is 3.87. The van der Waals surface area contributed by atoms with E-state index in [0.717, 1.165) is 41.6 Å². The normalized spacial score (nSPS) is 17.8. The Morgan fingerprint density at radius 1 is 1.20 bits per heavy atom. The SMILES string of the molecule is C[C@@H]1CCCCN1C(=O)Cc1cccc(-c2nc3ccccc3o2)c1. The van der Waals surface area contributed by atoms with Crippen molar-refractivity contribution in [1.29, 1.82) is 0 Å². The highest BCUT2D eigenvalue weighted by atomic mass is 16.3. The molecule has 4 rings (SSSR count). The number of likely N-dealkylation sites (tertiary alicyclic amines) is 1. The minimum absolute atomic E-state index is 0.210. The molecule has 25 heavy (non-hydrogen) atoms. The fourth-order valence-corrected chi connectivity index (χ4v) is 3.55. The molecule has 0 unspecified atom stereocenters. The van der Waals surface area contributed by atoms with Crippen molar-refractivity contribution in [2.24, 2.45) is 0 Å². The molecular formula is C21H22N2O2. The van der Waals surface area contributed by atoms with E-state index in [-0.39, 0.29) is 5.91 Å². The number of hydrogen-bond acceptors (Lipinski definition) is 3. The lowest BCUT2D eigenvalue weighted by molar-refractivity contribution is -0.133. The van der Waals surface area contributed by atoms with Crippen LogP contribution in [0.1, 0.15) is 31.7 Å². The highest BCUT2D eigenvalue weighted by molar-refractivity contribution is 5.80. The van der Waals surface area contributed by atoms with E-state index in [2.05, 4.69) is 11.9 Å². The molecule has 3 aromatic rings. The maximum absolute atomic E-state index is 12.7. The van der Waals surface area contributed by atoms with E-state index in [1.807, 2.05) is 53.4 Å². The van der Waals surface area contributed by atoms with Crippen LogP contribution in [0, 0.1) is 0 Å². The van der Waals surface area contributed by atoms with E-state index in [0.29, 0.717) is 18.4 Å². The van der Waals surface area contributed by atoms with Crippen LogP contribution in [0.5, 0.6) is 0 Å². The molecular weight excluding hydrogens is 312 g/mol. The number of piperidine rings is 1. The average molecular weight is 334 g/mol. The molecule has 128 valence electrons. The highest BCUT2D eigenvalue weighted by Crippen LogP contribution is 2.25. The van der Waals surface area contributed by atoms with E-state index < -0.39 is 0 Å². The van der Waals surface area contributed by atoms with Gasteiger partial charge in [0.15, 0.2) is 5.58 Å². The molecule has 1 saturated heterocycles. The van der Waals surface area contributed by atoms with Gasteiger partial charge in [-0.25, -0.2) is 4.98 Å². The van der Waals surface area contributed by atoms with Gasteiger partial charge in [0, 0.05) is 18.2 Å². The van der Waals surface area contributed by atoms with Gasteiger partial charge in [0.25, 0.3) is 0 Å². The zero-order valence-electron chi connectivity index (χ0n) is 14.4. The number of carbonyl (C=O) groups is 1. The second-order valence-corrected chi connectivity index (χ2v) is 6.80. The number of nitrogens with zero attached hydrogens (tertiary/aromatic N) is 2. The Bertz CT molecular complexity index is 867. The van der Waals surface area contributed by atoms with Gasteiger partial charge in [-0.1, -0.05) is 24.3 Å². The number of para-hydroxylation sites is 2. The lowest BCUT2D eigenvalue weighted by Crippen LogP contribution is -2.42. The van der Waals surface area contributed by atoms with E-state index in [9.17, 15) is 4.79 Å². The third-order valence-corrected chi connectivity index (χ3v) is 4.95. The van der Waals surface area contributed by atoms with Crippen LogP contribution in [0.15, 0.2) is 52.9 Å². The Hall–Kier alpha value is -2.62. The van der Waals surface area contributed by atoms with E-state index >= 15 is 0 Å². The van der Waals surface area contributed by atoms with Gasteiger partial charge in [-0.3, -0.25) is 4.79 Å². The smallest absolute Gasteiger partial charge is 0.227 e. The van der Waals surface area contributed by atoms with Crippen LogP contribution in [-0.4, -0.2) is 28.4 Å². The van der Waals surface area contributed by atoms with Crippen molar-refractivity contribution in [3.8, 4) is 11.5 Å². The first-order valence-corrected chi connectivity index (χ1v) is 8.95. The lowest BCUT2D eigenvalue weighted by atomic mass is 10.0. The van der Waals surface area contributed by atoms with Gasteiger partial charge in [0.2, 0.25) is 11.8 Å².